The maximum atomic E-state index is 13.3. The number of esters is 1. The van der Waals surface area contributed by atoms with E-state index in [9.17, 15) is 19.2 Å². The maximum Gasteiger partial charge on any atom is 0.311 e. The third-order valence-corrected chi connectivity index (χ3v) is 6.34. The Kier molecular flexibility index (Phi) is 8.43. The fraction of sp³-hybridized carbons (Fsp3) is 0.185. The predicted molar refractivity (Wildman–Crippen MR) is 139 cm³/mol. The number of hydrogen-bond donors (Lipinski definition) is 2. The topological polar surface area (TPSA) is 105 Å². The lowest BCUT2D eigenvalue weighted by molar-refractivity contribution is -0.151. The van der Waals surface area contributed by atoms with Crippen molar-refractivity contribution in [2.75, 3.05) is 18.5 Å². The van der Waals surface area contributed by atoms with Crippen molar-refractivity contribution in [2.24, 2.45) is 5.92 Å². The minimum atomic E-state index is -0.831. The van der Waals surface area contributed by atoms with Crippen LogP contribution in [0, 0.1) is 5.92 Å². The van der Waals surface area contributed by atoms with Gasteiger partial charge in [0, 0.05) is 11.4 Å². The van der Waals surface area contributed by atoms with Gasteiger partial charge in [-0.05, 0) is 29.3 Å². The number of nitrogens with zero attached hydrogens (tertiary/aromatic N) is 1. The van der Waals surface area contributed by atoms with Crippen LogP contribution in [-0.2, 0) is 23.9 Å². The lowest BCUT2D eigenvalue weighted by Gasteiger charge is -2.23. The Morgan fingerprint density at radius 2 is 1.57 bits per heavy atom. The minimum Gasteiger partial charge on any atom is -0.455 e. The molecule has 0 aromatic heterocycles. The Balaban J connectivity index is 1.35. The van der Waals surface area contributed by atoms with E-state index in [0.717, 1.165) is 16.1 Å². The number of hydrogen-bond acceptors (Lipinski definition) is 5. The number of carbonyl (C=O) groups excluding carboxylic acids is 4. The van der Waals surface area contributed by atoms with Gasteiger partial charge in [0.15, 0.2) is 6.61 Å². The highest BCUT2D eigenvalue weighted by atomic mass is 35.5. The average molecular weight is 540 g/mol. The second-order valence-electron chi connectivity index (χ2n) is 8.42. The van der Waals surface area contributed by atoms with E-state index in [4.69, 9.17) is 27.9 Å². The summed E-state index contributed by atoms with van der Waals surface area (Å²) < 4.78 is 5.10. The van der Waals surface area contributed by atoms with Crippen molar-refractivity contribution in [2.45, 2.75) is 12.3 Å². The molecule has 8 nitrogen and oxygen atoms in total. The molecule has 1 fully saturated rings. The van der Waals surface area contributed by atoms with Crippen molar-refractivity contribution in [3.63, 3.8) is 0 Å². The number of halogens is 2. The molecule has 3 aromatic rings. The molecule has 1 aliphatic heterocycles. The summed E-state index contributed by atoms with van der Waals surface area (Å²) in [5, 5.41) is 4.30. The Bertz CT molecular complexity index is 1260. The molecule has 0 unspecified atom stereocenters. The van der Waals surface area contributed by atoms with Crippen LogP contribution < -0.4 is 10.7 Å². The van der Waals surface area contributed by atoms with Crippen LogP contribution in [0.2, 0.25) is 10.0 Å². The van der Waals surface area contributed by atoms with E-state index in [1.54, 1.807) is 6.07 Å². The monoisotopic (exact) mass is 539 g/mol. The van der Waals surface area contributed by atoms with Gasteiger partial charge in [0.1, 0.15) is 0 Å². The highest BCUT2D eigenvalue weighted by Gasteiger charge is 2.37. The molecule has 0 spiro atoms. The summed E-state index contributed by atoms with van der Waals surface area (Å²) >= 11 is 11.9. The molecule has 0 bridgehead atoms. The number of nitrogens with one attached hydrogen (secondary N) is 2. The third kappa shape index (κ3) is 6.67. The highest BCUT2D eigenvalue weighted by molar-refractivity contribution is 6.35. The van der Waals surface area contributed by atoms with Gasteiger partial charge in [-0.2, -0.15) is 0 Å². The SMILES string of the molecule is O=C(COC(=O)[C@@H]1CC(=O)N(NC(=O)C(c2ccccc2)c2ccccc2)C1)Nc1cc(Cl)ccc1Cl. The molecule has 0 radical (unpaired) electrons. The number of hydrazine groups is 1. The van der Waals surface area contributed by atoms with Crippen LogP contribution in [0.4, 0.5) is 5.69 Å². The maximum absolute atomic E-state index is 13.3. The number of rotatable bonds is 8. The van der Waals surface area contributed by atoms with E-state index >= 15 is 0 Å². The van der Waals surface area contributed by atoms with Gasteiger partial charge in [-0.3, -0.25) is 29.6 Å². The van der Waals surface area contributed by atoms with E-state index in [-0.39, 0.29) is 23.7 Å². The number of benzene rings is 3. The summed E-state index contributed by atoms with van der Waals surface area (Å²) in [7, 11) is 0. The van der Waals surface area contributed by atoms with Crippen LogP contribution >= 0.6 is 23.2 Å². The molecule has 2 N–H and O–H groups in total. The van der Waals surface area contributed by atoms with Gasteiger partial charge in [0.05, 0.1) is 29.1 Å². The summed E-state index contributed by atoms with van der Waals surface area (Å²) in [6.45, 7) is -0.635. The predicted octanol–water partition coefficient (Wildman–Crippen LogP) is 4.19. The van der Waals surface area contributed by atoms with E-state index in [1.165, 1.54) is 12.1 Å². The normalized spacial score (nSPS) is 14.9. The van der Waals surface area contributed by atoms with Crippen LogP contribution in [0.1, 0.15) is 23.5 Å². The number of anilines is 1. The molecular formula is C27H23Cl2N3O5. The van der Waals surface area contributed by atoms with Gasteiger partial charge in [-0.1, -0.05) is 83.9 Å². The second kappa shape index (κ2) is 11.9. The van der Waals surface area contributed by atoms with Gasteiger partial charge in [-0.15, -0.1) is 0 Å². The molecule has 190 valence electrons. The molecule has 4 rings (SSSR count). The van der Waals surface area contributed by atoms with Crippen LogP contribution in [0.25, 0.3) is 0 Å². The molecule has 37 heavy (non-hydrogen) atoms. The zero-order valence-corrected chi connectivity index (χ0v) is 21.0. The molecule has 0 aliphatic carbocycles. The van der Waals surface area contributed by atoms with Crippen LogP contribution in [0.15, 0.2) is 78.9 Å². The van der Waals surface area contributed by atoms with Crippen molar-refractivity contribution >= 4 is 52.6 Å². The van der Waals surface area contributed by atoms with Crippen LogP contribution in [0.5, 0.6) is 0 Å². The van der Waals surface area contributed by atoms with Gasteiger partial charge >= 0.3 is 5.97 Å². The molecule has 1 saturated heterocycles. The summed E-state index contributed by atoms with van der Waals surface area (Å²) in [4.78, 5) is 50.6. The molecular weight excluding hydrogens is 517 g/mol. The lowest BCUT2D eigenvalue weighted by Crippen LogP contribution is -2.45. The standard InChI is InChI=1S/C27H23Cl2N3O5/c28-20-11-12-21(29)22(14-20)30-23(33)16-37-27(36)19-13-24(34)32(15-19)31-26(35)25(17-7-3-1-4-8-17)18-9-5-2-6-10-18/h1-12,14,19,25H,13,15-16H2,(H,30,33)(H,31,35)/t19-/m1/s1. The average Bonchev–Trinajstić information content (AvgIpc) is 3.26. The molecule has 3 aromatic carbocycles. The van der Waals surface area contributed by atoms with Gasteiger partial charge < -0.3 is 10.1 Å². The second-order valence-corrected chi connectivity index (χ2v) is 9.26. The van der Waals surface area contributed by atoms with Crippen LogP contribution in [-0.4, -0.2) is 41.9 Å². The largest absolute Gasteiger partial charge is 0.455 e. The molecule has 1 aliphatic rings. The van der Waals surface area contributed by atoms with E-state index in [0.29, 0.717) is 5.02 Å². The first-order chi connectivity index (χ1) is 17.8. The zero-order chi connectivity index (χ0) is 26.4. The minimum absolute atomic E-state index is 0.0680. The Hall–Kier alpha value is -3.88. The fourth-order valence-corrected chi connectivity index (χ4v) is 4.33. The number of amides is 3. The Labute approximate surface area is 223 Å². The van der Waals surface area contributed by atoms with Crippen molar-refractivity contribution in [3.05, 3.63) is 100 Å². The molecule has 3 amide bonds. The number of ether oxygens (including phenoxy) is 1. The first kappa shape index (κ1) is 26.2. The Morgan fingerprint density at radius 3 is 2.19 bits per heavy atom. The van der Waals surface area contributed by atoms with E-state index in [1.807, 2.05) is 60.7 Å². The Morgan fingerprint density at radius 1 is 0.946 bits per heavy atom. The van der Waals surface area contributed by atoms with Crippen molar-refractivity contribution in [3.8, 4) is 0 Å². The highest BCUT2D eigenvalue weighted by Crippen LogP contribution is 2.27. The van der Waals surface area contributed by atoms with Crippen molar-refractivity contribution in [1.29, 1.82) is 0 Å². The summed E-state index contributed by atoms with van der Waals surface area (Å²) in [6, 6.07) is 23.0. The smallest absolute Gasteiger partial charge is 0.311 e. The zero-order valence-electron chi connectivity index (χ0n) is 19.5. The van der Waals surface area contributed by atoms with Gasteiger partial charge in [0.25, 0.3) is 11.8 Å². The molecule has 1 heterocycles. The fourth-order valence-electron chi connectivity index (χ4n) is 3.99. The molecule has 1 atom stereocenters. The molecule has 0 saturated carbocycles. The lowest BCUT2D eigenvalue weighted by atomic mass is 9.91. The van der Waals surface area contributed by atoms with Crippen LogP contribution in [0.3, 0.4) is 0 Å². The van der Waals surface area contributed by atoms with Crippen molar-refractivity contribution < 1.29 is 23.9 Å². The number of carbonyl (C=O) groups is 4. The van der Waals surface area contributed by atoms with E-state index in [2.05, 4.69) is 10.7 Å². The quantitative estimate of drug-likeness (QED) is 0.417. The summed E-state index contributed by atoms with van der Waals surface area (Å²) in [6.07, 6.45) is -0.151. The summed E-state index contributed by atoms with van der Waals surface area (Å²) in [5.74, 6) is -3.64. The van der Waals surface area contributed by atoms with Gasteiger partial charge in [-0.25, -0.2) is 0 Å². The molecule has 10 heteroatoms. The summed E-state index contributed by atoms with van der Waals surface area (Å²) in [5.41, 5.74) is 4.46. The van der Waals surface area contributed by atoms with Crippen molar-refractivity contribution in [1.82, 2.24) is 10.4 Å². The van der Waals surface area contributed by atoms with E-state index < -0.39 is 42.1 Å². The first-order valence-corrected chi connectivity index (χ1v) is 12.2. The third-order valence-electron chi connectivity index (χ3n) is 5.78. The first-order valence-electron chi connectivity index (χ1n) is 11.4. The van der Waals surface area contributed by atoms with Gasteiger partial charge in [0.2, 0.25) is 5.91 Å².